The van der Waals surface area contributed by atoms with Crippen molar-refractivity contribution in [2.75, 3.05) is 26.3 Å². The fourth-order valence-corrected chi connectivity index (χ4v) is 4.32. The molecule has 30 heavy (non-hydrogen) atoms. The Morgan fingerprint density at radius 1 is 1.23 bits per heavy atom. The van der Waals surface area contributed by atoms with Crippen molar-refractivity contribution in [3.63, 3.8) is 0 Å². The number of hydrogen-bond donors (Lipinski definition) is 0. The molecule has 8 heteroatoms. The number of nitrogens with zero attached hydrogens (tertiary/aromatic N) is 4. The van der Waals surface area contributed by atoms with Gasteiger partial charge in [-0.25, -0.2) is 4.98 Å². The predicted octanol–water partition coefficient (Wildman–Crippen LogP) is 4.12. The Labute approximate surface area is 184 Å². The first-order valence-corrected chi connectivity index (χ1v) is 10.4. The summed E-state index contributed by atoms with van der Waals surface area (Å²) in [6, 6.07) is 9.25. The van der Waals surface area contributed by atoms with Gasteiger partial charge in [-0.1, -0.05) is 23.2 Å². The summed E-state index contributed by atoms with van der Waals surface area (Å²) in [5, 5.41) is 10.1. The normalized spacial score (nSPS) is 14.2. The summed E-state index contributed by atoms with van der Waals surface area (Å²) in [4.78, 5) is 19.4. The van der Waals surface area contributed by atoms with E-state index in [4.69, 9.17) is 32.9 Å². The maximum atomic E-state index is 13.0. The number of benzene rings is 2. The predicted molar refractivity (Wildman–Crippen MR) is 116 cm³/mol. The number of ether oxygens (including phenoxy) is 1. The van der Waals surface area contributed by atoms with Crippen molar-refractivity contribution in [3.8, 4) is 6.07 Å². The molecule has 2 heterocycles. The van der Waals surface area contributed by atoms with E-state index in [1.807, 2.05) is 24.6 Å². The first-order chi connectivity index (χ1) is 14.4. The Balaban J connectivity index is 1.73. The van der Waals surface area contributed by atoms with E-state index in [0.29, 0.717) is 59.5 Å². The molecule has 1 saturated heterocycles. The zero-order valence-electron chi connectivity index (χ0n) is 16.7. The van der Waals surface area contributed by atoms with E-state index in [2.05, 4.69) is 6.07 Å². The van der Waals surface area contributed by atoms with Crippen LogP contribution in [0.15, 0.2) is 24.3 Å². The highest BCUT2D eigenvalue weighted by Crippen LogP contribution is 2.32. The third kappa shape index (κ3) is 3.54. The van der Waals surface area contributed by atoms with Gasteiger partial charge in [-0.05, 0) is 42.3 Å². The van der Waals surface area contributed by atoms with Gasteiger partial charge in [0.15, 0.2) is 0 Å². The Hall–Kier alpha value is -2.59. The number of nitriles is 1. The number of fused-ring (bicyclic) bond motifs is 1. The van der Waals surface area contributed by atoms with Gasteiger partial charge in [0, 0.05) is 31.6 Å². The standard InChI is InChI=1S/C22H20Cl2N4O2/c1-13-14(12-25)3-6-18-21(13)26-19(27(18)2)11-16-17(23)5-4-15(20(16)24)22(29)28-7-9-30-10-8-28/h3-6H,7-11H2,1-2H3. The van der Waals surface area contributed by atoms with E-state index in [1.54, 1.807) is 23.1 Å². The molecule has 0 unspecified atom stereocenters. The summed E-state index contributed by atoms with van der Waals surface area (Å²) in [6.07, 6.45) is 0.369. The molecule has 0 N–H and O–H groups in total. The average Bonchev–Trinajstić information content (AvgIpc) is 3.08. The number of rotatable bonds is 3. The van der Waals surface area contributed by atoms with E-state index >= 15 is 0 Å². The second-order valence-electron chi connectivity index (χ2n) is 7.27. The lowest BCUT2D eigenvalue weighted by Gasteiger charge is -2.27. The largest absolute Gasteiger partial charge is 0.378 e. The highest BCUT2D eigenvalue weighted by Gasteiger charge is 2.24. The van der Waals surface area contributed by atoms with E-state index in [1.165, 1.54) is 0 Å². The van der Waals surface area contributed by atoms with Crippen LogP contribution < -0.4 is 0 Å². The van der Waals surface area contributed by atoms with Gasteiger partial charge in [0.05, 0.1) is 46.5 Å². The number of hydrogen-bond acceptors (Lipinski definition) is 4. The third-order valence-electron chi connectivity index (χ3n) is 5.57. The van der Waals surface area contributed by atoms with Crippen molar-refractivity contribution in [1.29, 1.82) is 5.26 Å². The van der Waals surface area contributed by atoms with Gasteiger partial charge in [-0.3, -0.25) is 4.79 Å². The highest BCUT2D eigenvalue weighted by atomic mass is 35.5. The molecule has 1 aliphatic heterocycles. The van der Waals surface area contributed by atoms with E-state index in [-0.39, 0.29) is 5.91 Å². The molecule has 3 aromatic rings. The molecule has 1 aromatic heterocycles. The Morgan fingerprint density at radius 3 is 2.67 bits per heavy atom. The van der Waals surface area contributed by atoms with Gasteiger partial charge in [0.1, 0.15) is 5.82 Å². The van der Waals surface area contributed by atoms with Crippen LogP contribution in [0.3, 0.4) is 0 Å². The van der Waals surface area contributed by atoms with Gasteiger partial charge in [0.2, 0.25) is 0 Å². The average molecular weight is 443 g/mol. The number of imidazole rings is 1. The lowest BCUT2D eigenvalue weighted by atomic mass is 10.1. The quantitative estimate of drug-likeness (QED) is 0.611. The van der Waals surface area contributed by atoms with Crippen LogP contribution in [0.2, 0.25) is 10.0 Å². The number of halogens is 2. The van der Waals surface area contributed by atoms with Crippen molar-refractivity contribution in [3.05, 3.63) is 62.4 Å². The van der Waals surface area contributed by atoms with E-state index in [0.717, 1.165) is 22.4 Å². The lowest BCUT2D eigenvalue weighted by Crippen LogP contribution is -2.40. The number of carbonyl (C=O) groups excluding carboxylic acids is 1. The smallest absolute Gasteiger partial charge is 0.255 e. The molecule has 0 radical (unpaired) electrons. The highest BCUT2D eigenvalue weighted by molar-refractivity contribution is 6.38. The van der Waals surface area contributed by atoms with Gasteiger partial charge in [-0.2, -0.15) is 5.26 Å². The van der Waals surface area contributed by atoms with Crippen molar-refractivity contribution in [2.24, 2.45) is 7.05 Å². The molecular formula is C22H20Cl2N4O2. The minimum atomic E-state index is -0.124. The summed E-state index contributed by atoms with van der Waals surface area (Å²) >= 11 is 13.1. The second-order valence-corrected chi connectivity index (χ2v) is 8.06. The van der Waals surface area contributed by atoms with Crippen LogP contribution >= 0.6 is 23.2 Å². The zero-order valence-corrected chi connectivity index (χ0v) is 18.2. The fraction of sp³-hybridized carbons (Fsp3) is 0.318. The molecule has 6 nitrogen and oxygen atoms in total. The Bertz CT molecular complexity index is 1190. The molecule has 0 spiro atoms. The first kappa shape index (κ1) is 20.7. The summed E-state index contributed by atoms with van der Waals surface area (Å²) in [6.45, 7) is 4.01. The molecular weight excluding hydrogens is 423 g/mol. The van der Waals surface area contributed by atoms with Crippen LogP contribution in [0.5, 0.6) is 0 Å². The first-order valence-electron chi connectivity index (χ1n) is 9.61. The fourth-order valence-electron chi connectivity index (χ4n) is 3.74. The number of amides is 1. The molecule has 1 fully saturated rings. The number of aryl methyl sites for hydroxylation is 2. The third-order valence-corrected chi connectivity index (χ3v) is 6.36. The van der Waals surface area contributed by atoms with E-state index < -0.39 is 0 Å². The second kappa shape index (κ2) is 8.27. The van der Waals surface area contributed by atoms with Crippen molar-refractivity contribution in [1.82, 2.24) is 14.5 Å². The molecule has 4 rings (SSSR count). The van der Waals surface area contributed by atoms with Gasteiger partial charge in [0.25, 0.3) is 5.91 Å². The van der Waals surface area contributed by atoms with Crippen LogP contribution in [0.1, 0.15) is 32.9 Å². The Kier molecular flexibility index (Phi) is 5.70. The molecule has 1 amide bonds. The molecule has 154 valence electrons. The zero-order chi connectivity index (χ0) is 21.4. The maximum Gasteiger partial charge on any atom is 0.255 e. The van der Waals surface area contributed by atoms with Crippen LogP contribution in [0.25, 0.3) is 11.0 Å². The molecule has 0 aliphatic carbocycles. The maximum absolute atomic E-state index is 13.0. The summed E-state index contributed by atoms with van der Waals surface area (Å²) in [5.74, 6) is 0.628. The SMILES string of the molecule is Cc1c(C#N)ccc2c1nc(Cc1c(Cl)ccc(C(=O)N3CCOCC3)c1Cl)n2C. The summed E-state index contributed by atoms with van der Waals surface area (Å²) in [7, 11) is 1.92. The molecule has 0 saturated carbocycles. The number of morpholine rings is 1. The van der Waals surface area contributed by atoms with E-state index in [9.17, 15) is 10.1 Å². The minimum absolute atomic E-state index is 0.124. The van der Waals surface area contributed by atoms with Crippen molar-refractivity contribution in [2.45, 2.75) is 13.3 Å². The minimum Gasteiger partial charge on any atom is -0.378 e. The monoisotopic (exact) mass is 442 g/mol. The number of aromatic nitrogens is 2. The lowest BCUT2D eigenvalue weighted by molar-refractivity contribution is 0.0303. The van der Waals surface area contributed by atoms with Crippen LogP contribution in [0.4, 0.5) is 0 Å². The van der Waals surface area contributed by atoms with Crippen LogP contribution in [0, 0.1) is 18.3 Å². The van der Waals surface area contributed by atoms with Crippen molar-refractivity contribution >= 4 is 40.1 Å². The van der Waals surface area contributed by atoms with Gasteiger partial charge in [-0.15, -0.1) is 0 Å². The molecule has 1 aliphatic rings. The summed E-state index contributed by atoms with van der Waals surface area (Å²) in [5.41, 5.74) is 4.23. The summed E-state index contributed by atoms with van der Waals surface area (Å²) < 4.78 is 7.29. The number of carbonyl (C=O) groups is 1. The van der Waals surface area contributed by atoms with Crippen LogP contribution in [-0.4, -0.2) is 46.7 Å². The van der Waals surface area contributed by atoms with Gasteiger partial charge < -0.3 is 14.2 Å². The van der Waals surface area contributed by atoms with Crippen LogP contribution in [-0.2, 0) is 18.2 Å². The molecule has 0 atom stereocenters. The Morgan fingerprint density at radius 2 is 1.97 bits per heavy atom. The topological polar surface area (TPSA) is 71.2 Å². The van der Waals surface area contributed by atoms with Gasteiger partial charge >= 0.3 is 0 Å². The molecule has 2 aromatic carbocycles. The molecule has 0 bridgehead atoms. The van der Waals surface area contributed by atoms with Crippen molar-refractivity contribution < 1.29 is 9.53 Å².